The molecule has 0 saturated carbocycles. The van der Waals surface area contributed by atoms with Crippen LogP contribution in [0.1, 0.15) is 17.7 Å². The molecule has 0 saturated heterocycles. The van der Waals surface area contributed by atoms with Crippen LogP contribution < -0.4 is 5.14 Å². The van der Waals surface area contributed by atoms with Crippen LogP contribution in [0.15, 0.2) is 12.1 Å². The molecule has 84 valence electrons. The fourth-order valence-electron chi connectivity index (χ4n) is 1.05. The van der Waals surface area contributed by atoms with Crippen LogP contribution in [0.25, 0.3) is 0 Å². The van der Waals surface area contributed by atoms with Crippen molar-refractivity contribution in [3.05, 3.63) is 33.6 Å². The van der Waals surface area contributed by atoms with E-state index in [0.717, 1.165) is 0 Å². The summed E-state index contributed by atoms with van der Waals surface area (Å²) < 4.78 is 35.5. The highest BCUT2D eigenvalue weighted by molar-refractivity contribution is 7.89. The van der Waals surface area contributed by atoms with Gasteiger partial charge in [0.05, 0.1) is 5.02 Å². The smallest absolute Gasteiger partial charge is 0.215 e. The molecule has 1 unspecified atom stereocenters. The molecule has 1 aromatic carbocycles. The molecular weight excluding hydrogens is 264 g/mol. The summed E-state index contributed by atoms with van der Waals surface area (Å²) in [6.45, 7) is 1.26. The SMILES string of the molecule is CC(c1cc(Cl)cc(Cl)c1F)S(N)(=O)=O. The highest BCUT2D eigenvalue weighted by Gasteiger charge is 2.23. The van der Waals surface area contributed by atoms with Crippen molar-refractivity contribution < 1.29 is 12.8 Å². The minimum absolute atomic E-state index is 0.130. The fourth-order valence-corrected chi connectivity index (χ4v) is 2.08. The first-order chi connectivity index (χ1) is 6.73. The first kappa shape index (κ1) is 12.7. The third-order valence-corrected chi connectivity index (χ3v) is 3.68. The lowest BCUT2D eigenvalue weighted by Crippen LogP contribution is -2.20. The van der Waals surface area contributed by atoms with Crippen LogP contribution in [-0.2, 0) is 10.0 Å². The predicted octanol–water partition coefficient (Wildman–Crippen LogP) is 2.48. The van der Waals surface area contributed by atoms with Gasteiger partial charge in [0.25, 0.3) is 0 Å². The van der Waals surface area contributed by atoms with Crippen LogP contribution in [0.3, 0.4) is 0 Å². The van der Waals surface area contributed by atoms with Crippen molar-refractivity contribution in [2.24, 2.45) is 5.14 Å². The minimum Gasteiger partial charge on any atom is -0.228 e. The zero-order valence-corrected chi connectivity index (χ0v) is 10.00. The molecule has 0 amide bonds. The van der Waals surface area contributed by atoms with Gasteiger partial charge in [0.2, 0.25) is 10.0 Å². The summed E-state index contributed by atoms with van der Waals surface area (Å²) in [7, 11) is -3.87. The van der Waals surface area contributed by atoms with Gasteiger partial charge in [0.1, 0.15) is 11.1 Å². The molecule has 0 fully saturated rings. The molecule has 2 N–H and O–H groups in total. The maximum atomic E-state index is 13.5. The number of halogens is 3. The van der Waals surface area contributed by atoms with E-state index < -0.39 is 21.1 Å². The van der Waals surface area contributed by atoms with Crippen LogP contribution in [0.2, 0.25) is 10.0 Å². The molecule has 7 heteroatoms. The summed E-state index contributed by atoms with van der Waals surface area (Å²) in [5.41, 5.74) is -0.130. The molecule has 1 aromatic rings. The van der Waals surface area contributed by atoms with E-state index in [2.05, 4.69) is 0 Å². The molecule has 0 aromatic heterocycles. The standard InChI is InChI=1S/C8H8Cl2FNO2S/c1-4(15(12,13)14)6-2-5(9)3-7(10)8(6)11/h2-4H,1H3,(H2,12,13,14). The van der Waals surface area contributed by atoms with Gasteiger partial charge in [-0.3, -0.25) is 0 Å². The van der Waals surface area contributed by atoms with Gasteiger partial charge in [-0.25, -0.2) is 17.9 Å². The molecule has 0 aliphatic carbocycles. The average Bonchev–Trinajstić information content (AvgIpc) is 2.08. The summed E-state index contributed by atoms with van der Waals surface area (Å²) in [6, 6.07) is 2.38. The second-order valence-corrected chi connectivity index (χ2v) is 5.75. The molecule has 0 spiro atoms. The number of nitrogens with two attached hydrogens (primary N) is 1. The van der Waals surface area contributed by atoms with E-state index in [-0.39, 0.29) is 15.6 Å². The Hall–Kier alpha value is -0.360. The van der Waals surface area contributed by atoms with Crippen LogP contribution in [0.5, 0.6) is 0 Å². The summed E-state index contributed by atoms with van der Waals surface area (Å²) >= 11 is 11.1. The van der Waals surface area contributed by atoms with Gasteiger partial charge in [0, 0.05) is 10.6 Å². The Morgan fingerprint density at radius 3 is 2.40 bits per heavy atom. The lowest BCUT2D eigenvalue weighted by Gasteiger charge is -2.11. The van der Waals surface area contributed by atoms with Crippen molar-refractivity contribution in [2.45, 2.75) is 12.2 Å². The first-order valence-corrected chi connectivity index (χ1v) is 6.26. The summed E-state index contributed by atoms with van der Waals surface area (Å²) in [4.78, 5) is 0. The summed E-state index contributed by atoms with van der Waals surface area (Å²) in [5, 5.41) is 3.64. The summed E-state index contributed by atoms with van der Waals surface area (Å²) in [6.07, 6.45) is 0. The Morgan fingerprint density at radius 2 is 1.93 bits per heavy atom. The maximum Gasteiger partial charge on any atom is 0.215 e. The number of primary sulfonamides is 1. The van der Waals surface area contributed by atoms with Crippen molar-refractivity contribution in [1.29, 1.82) is 0 Å². The van der Waals surface area contributed by atoms with E-state index in [4.69, 9.17) is 28.3 Å². The Kier molecular flexibility index (Phi) is 3.60. The van der Waals surface area contributed by atoms with Crippen LogP contribution >= 0.6 is 23.2 Å². The van der Waals surface area contributed by atoms with Crippen LogP contribution in [0, 0.1) is 5.82 Å². The number of rotatable bonds is 2. The number of hydrogen-bond acceptors (Lipinski definition) is 2. The molecule has 0 heterocycles. The van der Waals surface area contributed by atoms with Gasteiger partial charge in [-0.15, -0.1) is 0 Å². The van der Waals surface area contributed by atoms with E-state index in [1.54, 1.807) is 0 Å². The lowest BCUT2D eigenvalue weighted by atomic mass is 10.1. The second-order valence-electron chi connectivity index (χ2n) is 3.02. The number of hydrogen-bond donors (Lipinski definition) is 1. The molecular formula is C8H8Cl2FNO2S. The number of benzene rings is 1. The molecule has 0 radical (unpaired) electrons. The molecule has 15 heavy (non-hydrogen) atoms. The van der Waals surface area contributed by atoms with Gasteiger partial charge in [-0.1, -0.05) is 23.2 Å². The van der Waals surface area contributed by atoms with Crippen LogP contribution in [0.4, 0.5) is 4.39 Å². The highest BCUT2D eigenvalue weighted by atomic mass is 35.5. The zero-order valence-electron chi connectivity index (χ0n) is 7.67. The van der Waals surface area contributed by atoms with E-state index in [0.29, 0.717) is 0 Å². The monoisotopic (exact) mass is 271 g/mol. The van der Waals surface area contributed by atoms with Gasteiger partial charge in [-0.2, -0.15) is 0 Å². The van der Waals surface area contributed by atoms with Crippen molar-refractivity contribution in [3.8, 4) is 0 Å². The van der Waals surface area contributed by atoms with Gasteiger partial charge in [0.15, 0.2) is 0 Å². The van der Waals surface area contributed by atoms with Gasteiger partial charge < -0.3 is 0 Å². The molecule has 0 aliphatic heterocycles. The normalized spacial score (nSPS) is 13.9. The first-order valence-electron chi connectivity index (χ1n) is 3.89. The average molecular weight is 272 g/mol. The minimum atomic E-state index is -3.87. The third kappa shape index (κ3) is 2.81. The zero-order chi connectivity index (χ0) is 11.8. The van der Waals surface area contributed by atoms with Crippen molar-refractivity contribution in [1.82, 2.24) is 0 Å². The number of sulfonamides is 1. The molecule has 1 rings (SSSR count). The van der Waals surface area contributed by atoms with E-state index >= 15 is 0 Å². The highest BCUT2D eigenvalue weighted by Crippen LogP contribution is 2.30. The topological polar surface area (TPSA) is 60.2 Å². The van der Waals surface area contributed by atoms with Crippen molar-refractivity contribution in [3.63, 3.8) is 0 Å². The molecule has 3 nitrogen and oxygen atoms in total. The Morgan fingerprint density at radius 1 is 1.40 bits per heavy atom. The van der Waals surface area contributed by atoms with E-state index in [9.17, 15) is 12.8 Å². The Balaban J connectivity index is 3.38. The molecule has 1 atom stereocenters. The summed E-state index contributed by atoms with van der Waals surface area (Å²) in [5.74, 6) is -0.817. The fraction of sp³-hybridized carbons (Fsp3) is 0.250. The second kappa shape index (κ2) is 4.25. The van der Waals surface area contributed by atoms with Crippen LogP contribution in [-0.4, -0.2) is 8.42 Å². The van der Waals surface area contributed by atoms with Gasteiger partial charge >= 0.3 is 0 Å². The third-order valence-electron chi connectivity index (χ3n) is 1.95. The largest absolute Gasteiger partial charge is 0.228 e. The molecule has 0 bridgehead atoms. The van der Waals surface area contributed by atoms with E-state index in [1.807, 2.05) is 0 Å². The van der Waals surface area contributed by atoms with Crippen molar-refractivity contribution >= 4 is 33.2 Å². The Bertz CT molecular complexity index is 490. The maximum absolute atomic E-state index is 13.5. The van der Waals surface area contributed by atoms with Crippen molar-refractivity contribution in [2.75, 3.05) is 0 Å². The van der Waals surface area contributed by atoms with E-state index in [1.165, 1.54) is 19.1 Å². The Labute approximate surface area is 97.0 Å². The van der Waals surface area contributed by atoms with Gasteiger partial charge in [-0.05, 0) is 19.1 Å². The predicted molar refractivity (Wildman–Crippen MR) is 57.9 cm³/mol. The quantitative estimate of drug-likeness (QED) is 0.841. The lowest BCUT2D eigenvalue weighted by molar-refractivity contribution is 0.575. The molecule has 0 aliphatic rings.